The molecular formula is C11H20BrNO2. The van der Waals surface area contributed by atoms with Crippen LogP contribution in [0.25, 0.3) is 0 Å². The molecule has 0 aliphatic rings. The molecular weight excluding hydrogens is 258 g/mol. The number of halogens is 1. The van der Waals surface area contributed by atoms with Crippen LogP contribution >= 0.6 is 15.9 Å². The van der Waals surface area contributed by atoms with Crippen LogP contribution in [0.3, 0.4) is 0 Å². The molecule has 0 saturated heterocycles. The second-order valence-corrected chi connectivity index (χ2v) is 4.70. The Morgan fingerprint density at radius 3 is 2.60 bits per heavy atom. The molecule has 1 unspecified atom stereocenters. The summed E-state index contributed by atoms with van der Waals surface area (Å²) in [5, 5.41) is 0. The summed E-state index contributed by atoms with van der Waals surface area (Å²) in [5.74, 6) is 0.384. The van der Waals surface area contributed by atoms with Crippen molar-refractivity contribution in [1.29, 1.82) is 0 Å². The predicted molar refractivity (Wildman–Crippen MR) is 66.2 cm³/mol. The van der Waals surface area contributed by atoms with Crippen LogP contribution in [-0.2, 0) is 9.53 Å². The van der Waals surface area contributed by atoms with Gasteiger partial charge in [0.1, 0.15) is 0 Å². The number of hydrogen-bond donors (Lipinski definition) is 0. The molecule has 0 heterocycles. The fourth-order valence-corrected chi connectivity index (χ4v) is 1.40. The van der Waals surface area contributed by atoms with Gasteiger partial charge < -0.3 is 9.64 Å². The van der Waals surface area contributed by atoms with E-state index in [1.807, 2.05) is 13.8 Å². The molecule has 1 amide bonds. The Hall–Kier alpha value is -0.350. The van der Waals surface area contributed by atoms with Crippen LogP contribution in [0.2, 0.25) is 0 Å². The van der Waals surface area contributed by atoms with Gasteiger partial charge in [0.2, 0.25) is 5.91 Å². The van der Waals surface area contributed by atoms with E-state index in [0.717, 1.165) is 0 Å². The Balaban J connectivity index is 4.32. The quantitative estimate of drug-likeness (QED) is 0.527. The third kappa shape index (κ3) is 5.33. The summed E-state index contributed by atoms with van der Waals surface area (Å²) in [5.41, 5.74) is 0. The first-order valence-corrected chi connectivity index (χ1v) is 5.98. The van der Waals surface area contributed by atoms with Crippen LogP contribution < -0.4 is 0 Å². The van der Waals surface area contributed by atoms with Gasteiger partial charge in [0, 0.05) is 20.2 Å². The Bertz CT molecular complexity index is 207. The summed E-state index contributed by atoms with van der Waals surface area (Å²) < 4.78 is 4.97. The van der Waals surface area contributed by atoms with E-state index in [0.29, 0.717) is 19.7 Å². The van der Waals surface area contributed by atoms with Gasteiger partial charge in [-0.25, -0.2) is 0 Å². The largest absolute Gasteiger partial charge is 0.383 e. The van der Waals surface area contributed by atoms with Crippen molar-refractivity contribution in [2.24, 2.45) is 5.92 Å². The van der Waals surface area contributed by atoms with Crippen molar-refractivity contribution >= 4 is 21.8 Å². The average Bonchev–Trinajstić information content (AvgIpc) is 2.22. The summed E-state index contributed by atoms with van der Waals surface area (Å²) in [6.45, 7) is 9.40. The SMILES string of the molecule is C=CCN(CCOC)C(=O)C(Br)C(C)C. The van der Waals surface area contributed by atoms with Crippen molar-refractivity contribution in [3.63, 3.8) is 0 Å². The molecule has 0 aliphatic carbocycles. The van der Waals surface area contributed by atoms with Crippen LogP contribution in [0, 0.1) is 5.92 Å². The Morgan fingerprint density at radius 1 is 1.60 bits per heavy atom. The number of nitrogens with zero attached hydrogens (tertiary/aromatic N) is 1. The van der Waals surface area contributed by atoms with E-state index in [-0.39, 0.29) is 16.7 Å². The molecule has 0 spiro atoms. The molecule has 0 aliphatic heterocycles. The standard InChI is InChI=1S/C11H20BrNO2/c1-5-6-13(7-8-15-4)11(14)10(12)9(2)3/h5,9-10H,1,6-8H2,2-4H3. The van der Waals surface area contributed by atoms with Gasteiger partial charge in [-0.1, -0.05) is 35.9 Å². The lowest BCUT2D eigenvalue weighted by atomic mass is 10.1. The van der Waals surface area contributed by atoms with E-state index in [1.165, 1.54) is 0 Å². The minimum atomic E-state index is -0.130. The average molecular weight is 278 g/mol. The van der Waals surface area contributed by atoms with Gasteiger partial charge in [0.05, 0.1) is 11.4 Å². The van der Waals surface area contributed by atoms with E-state index in [1.54, 1.807) is 18.1 Å². The maximum atomic E-state index is 12.0. The second kappa shape index (κ2) is 7.88. The first-order valence-electron chi connectivity index (χ1n) is 5.07. The molecule has 0 bridgehead atoms. The van der Waals surface area contributed by atoms with Crippen molar-refractivity contribution in [2.75, 3.05) is 26.8 Å². The molecule has 0 rings (SSSR count). The lowest BCUT2D eigenvalue weighted by Crippen LogP contribution is -2.40. The third-order valence-corrected chi connectivity index (χ3v) is 3.50. The number of methoxy groups -OCH3 is 1. The van der Waals surface area contributed by atoms with Gasteiger partial charge in [0.15, 0.2) is 0 Å². The maximum absolute atomic E-state index is 12.0. The van der Waals surface area contributed by atoms with Crippen LogP contribution in [0.1, 0.15) is 13.8 Å². The summed E-state index contributed by atoms with van der Waals surface area (Å²) in [7, 11) is 1.63. The van der Waals surface area contributed by atoms with Gasteiger partial charge in [-0.05, 0) is 5.92 Å². The molecule has 0 aromatic rings. The highest BCUT2D eigenvalue weighted by molar-refractivity contribution is 9.10. The van der Waals surface area contributed by atoms with Crippen molar-refractivity contribution in [2.45, 2.75) is 18.7 Å². The zero-order valence-electron chi connectivity index (χ0n) is 9.70. The van der Waals surface area contributed by atoms with Gasteiger partial charge in [-0.3, -0.25) is 4.79 Å². The molecule has 4 heteroatoms. The molecule has 0 saturated carbocycles. The molecule has 0 aromatic carbocycles. The molecule has 15 heavy (non-hydrogen) atoms. The van der Waals surface area contributed by atoms with E-state index in [2.05, 4.69) is 22.5 Å². The van der Waals surface area contributed by atoms with E-state index in [9.17, 15) is 4.79 Å². The predicted octanol–water partition coefficient (Wildman–Crippen LogP) is 2.07. The van der Waals surface area contributed by atoms with Crippen molar-refractivity contribution in [3.8, 4) is 0 Å². The lowest BCUT2D eigenvalue weighted by molar-refractivity contribution is -0.131. The summed E-state index contributed by atoms with van der Waals surface area (Å²) >= 11 is 3.40. The normalized spacial score (nSPS) is 12.6. The van der Waals surface area contributed by atoms with Crippen LogP contribution in [0.15, 0.2) is 12.7 Å². The topological polar surface area (TPSA) is 29.5 Å². The maximum Gasteiger partial charge on any atom is 0.236 e. The van der Waals surface area contributed by atoms with Gasteiger partial charge in [-0.2, -0.15) is 0 Å². The third-order valence-electron chi connectivity index (χ3n) is 2.05. The fourth-order valence-electron chi connectivity index (χ4n) is 1.11. The second-order valence-electron chi connectivity index (χ2n) is 3.71. The minimum absolute atomic E-state index is 0.0990. The van der Waals surface area contributed by atoms with Crippen LogP contribution in [0.4, 0.5) is 0 Å². The first kappa shape index (κ1) is 14.6. The summed E-state index contributed by atoms with van der Waals surface area (Å²) in [4.78, 5) is 13.6. The highest BCUT2D eigenvalue weighted by atomic mass is 79.9. The zero-order valence-corrected chi connectivity index (χ0v) is 11.3. The van der Waals surface area contributed by atoms with E-state index in [4.69, 9.17) is 4.74 Å². The Kier molecular flexibility index (Phi) is 7.70. The fraction of sp³-hybridized carbons (Fsp3) is 0.727. The van der Waals surface area contributed by atoms with Crippen LogP contribution in [0.5, 0.6) is 0 Å². The zero-order chi connectivity index (χ0) is 11.8. The van der Waals surface area contributed by atoms with Gasteiger partial charge >= 0.3 is 0 Å². The summed E-state index contributed by atoms with van der Waals surface area (Å²) in [6.07, 6.45) is 1.73. The molecule has 0 N–H and O–H groups in total. The number of carbonyl (C=O) groups is 1. The molecule has 0 fully saturated rings. The number of ether oxygens (including phenoxy) is 1. The highest BCUT2D eigenvalue weighted by Gasteiger charge is 2.23. The van der Waals surface area contributed by atoms with Crippen molar-refractivity contribution in [3.05, 3.63) is 12.7 Å². The first-order chi connectivity index (χ1) is 7.04. The number of hydrogen-bond acceptors (Lipinski definition) is 2. The molecule has 0 radical (unpaired) electrons. The number of rotatable bonds is 7. The van der Waals surface area contributed by atoms with Crippen molar-refractivity contribution < 1.29 is 9.53 Å². The van der Waals surface area contributed by atoms with Crippen LogP contribution in [-0.4, -0.2) is 42.4 Å². The van der Waals surface area contributed by atoms with Gasteiger partial charge in [-0.15, -0.1) is 6.58 Å². The minimum Gasteiger partial charge on any atom is -0.383 e. The monoisotopic (exact) mass is 277 g/mol. The van der Waals surface area contributed by atoms with E-state index < -0.39 is 0 Å². The highest BCUT2D eigenvalue weighted by Crippen LogP contribution is 2.15. The Morgan fingerprint density at radius 2 is 2.20 bits per heavy atom. The lowest BCUT2D eigenvalue weighted by Gasteiger charge is -2.25. The number of alkyl halides is 1. The molecule has 88 valence electrons. The molecule has 1 atom stereocenters. The molecule has 3 nitrogen and oxygen atoms in total. The number of carbonyl (C=O) groups excluding carboxylic acids is 1. The smallest absolute Gasteiger partial charge is 0.236 e. The summed E-state index contributed by atoms with van der Waals surface area (Å²) in [6, 6.07) is 0. The molecule has 0 aromatic heterocycles. The van der Waals surface area contributed by atoms with Crippen molar-refractivity contribution in [1.82, 2.24) is 4.90 Å². The van der Waals surface area contributed by atoms with Gasteiger partial charge in [0.25, 0.3) is 0 Å². The number of amides is 1. The van der Waals surface area contributed by atoms with E-state index >= 15 is 0 Å². The Labute approximate surface area is 101 Å².